The Morgan fingerprint density at radius 1 is 1.30 bits per heavy atom. The fraction of sp³-hybridized carbons (Fsp3) is 0.0667. The topological polar surface area (TPSA) is 41.5 Å². The van der Waals surface area contributed by atoms with Gasteiger partial charge in [-0.25, -0.2) is 5.43 Å². The number of hydrogen-bond acceptors (Lipinski definition) is 2. The van der Waals surface area contributed by atoms with Gasteiger partial charge in [0.2, 0.25) is 0 Å². The van der Waals surface area contributed by atoms with Crippen molar-refractivity contribution in [3.05, 3.63) is 68.7 Å². The van der Waals surface area contributed by atoms with Crippen molar-refractivity contribution >= 4 is 39.7 Å². The van der Waals surface area contributed by atoms with Gasteiger partial charge >= 0.3 is 0 Å². The molecule has 102 valence electrons. The first-order valence-electron chi connectivity index (χ1n) is 5.91. The zero-order valence-electron chi connectivity index (χ0n) is 10.7. The normalized spacial score (nSPS) is 10.8. The van der Waals surface area contributed by atoms with Gasteiger partial charge in [0.1, 0.15) is 0 Å². The molecule has 0 unspecified atom stereocenters. The number of aryl methyl sites for hydroxylation is 1. The van der Waals surface area contributed by atoms with Crippen molar-refractivity contribution in [2.24, 2.45) is 5.10 Å². The molecule has 0 aromatic heterocycles. The van der Waals surface area contributed by atoms with Gasteiger partial charge in [-0.1, -0.05) is 45.7 Å². The third-order valence-corrected chi connectivity index (χ3v) is 3.75. The summed E-state index contributed by atoms with van der Waals surface area (Å²) >= 11 is 9.25. The van der Waals surface area contributed by atoms with E-state index in [2.05, 4.69) is 26.5 Å². The molecule has 2 aromatic carbocycles. The number of nitrogens with one attached hydrogen (secondary N) is 1. The summed E-state index contributed by atoms with van der Waals surface area (Å²) in [5.41, 5.74) is 4.92. The molecule has 0 radical (unpaired) electrons. The van der Waals surface area contributed by atoms with Crippen molar-refractivity contribution in [2.45, 2.75) is 6.92 Å². The van der Waals surface area contributed by atoms with Crippen LogP contribution in [-0.2, 0) is 0 Å². The highest BCUT2D eigenvalue weighted by Crippen LogP contribution is 2.17. The minimum atomic E-state index is -0.260. The second-order valence-corrected chi connectivity index (χ2v) is 5.51. The van der Waals surface area contributed by atoms with Crippen molar-refractivity contribution < 1.29 is 4.79 Å². The third kappa shape index (κ3) is 3.92. The third-order valence-electron chi connectivity index (χ3n) is 2.66. The number of benzene rings is 2. The Morgan fingerprint density at radius 3 is 2.80 bits per heavy atom. The van der Waals surface area contributed by atoms with E-state index in [1.807, 2.05) is 25.1 Å². The maximum absolute atomic E-state index is 11.9. The Morgan fingerprint density at radius 2 is 2.10 bits per heavy atom. The summed E-state index contributed by atoms with van der Waals surface area (Å²) in [7, 11) is 0. The van der Waals surface area contributed by atoms with Gasteiger partial charge in [0.05, 0.1) is 6.21 Å². The molecule has 0 heterocycles. The van der Waals surface area contributed by atoms with Crippen LogP contribution in [0, 0.1) is 6.92 Å². The van der Waals surface area contributed by atoms with Gasteiger partial charge in [-0.2, -0.15) is 5.10 Å². The predicted octanol–water partition coefficient (Wildman–Crippen LogP) is 4.17. The van der Waals surface area contributed by atoms with Gasteiger partial charge in [0.25, 0.3) is 5.91 Å². The molecule has 0 saturated heterocycles. The number of nitrogens with zero attached hydrogens (tertiary/aromatic N) is 1. The van der Waals surface area contributed by atoms with E-state index in [0.717, 1.165) is 15.6 Å². The summed E-state index contributed by atoms with van der Waals surface area (Å²) in [5.74, 6) is -0.260. The van der Waals surface area contributed by atoms with Gasteiger partial charge < -0.3 is 0 Å². The number of hydrogen-bond donors (Lipinski definition) is 1. The lowest BCUT2D eigenvalue weighted by Gasteiger charge is -2.02. The van der Waals surface area contributed by atoms with E-state index in [1.54, 1.807) is 30.5 Å². The molecule has 0 aliphatic carbocycles. The second-order valence-electron chi connectivity index (χ2n) is 4.22. The average Bonchev–Trinajstić information content (AvgIpc) is 2.42. The standard InChI is InChI=1S/C15H12BrClN2O/c1-10-5-6-12(8-14(10)16)15(20)19-18-9-11-3-2-4-13(17)7-11/h2-9H,1H3,(H,19,20). The van der Waals surface area contributed by atoms with Crippen LogP contribution in [0.5, 0.6) is 0 Å². The van der Waals surface area contributed by atoms with E-state index in [-0.39, 0.29) is 5.91 Å². The first-order valence-corrected chi connectivity index (χ1v) is 7.08. The van der Waals surface area contributed by atoms with Crippen LogP contribution in [0.1, 0.15) is 21.5 Å². The molecular formula is C15H12BrClN2O. The van der Waals surface area contributed by atoms with Crippen molar-refractivity contribution in [2.75, 3.05) is 0 Å². The van der Waals surface area contributed by atoms with Crippen LogP contribution >= 0.6 is 27.5 Å². The zero-order chi connectivity index (χ0) is 14.5. The van der Waals surface area contributed by atoms with Crippen LogP contribution in [-0.4, -0.2) is 12.1 Å². The summed E-state index contributed by atoms with van der Waals surface area (Å²) in [4.78, 5) is 11.9. The molecule has 3 nitrogen and oxygen atoms in total. The van der Waals surface area contributed by atoms with Crippen LogP contribution < -0.4 is 5.43 Å². The number of rotatable bonds is 3. The van der Waals surface area contributed by atoms with Crippen LogP contribution in [0.2, 0.25) is 5.02 Å². The molecule has 20 heavy (non-hydrogen) atoms. The van der Waals surface area contributed by atoms with Gasteiger partial charge in [0.15, 0.2) is 0 Å². The number of amides is 1. The molecule has 0 atom stereocenters. The Labute approximate surface area is 130 Å². The molecule has 0 bridgehead atoms. The Hall–Kier alpha value is -1.65. The van der Waals surface area contributed by atoms with E-state index in [0.29, 0.717) is 10.6 Å². The maximum atomic E-state index is 11.9. The zero-order valence-corrected chi connectivity index (χ0v) is 13.1. The highest BCUT2D eigenvalue weighted by atomic mass is 79.9. The minimum Gasteiger partial charge on any atom is -0.267 e. The first kappa shape index (κ1) is 14.8. The first-order chi connectivity index (χ1) is 9.56. The van der Waals surface area contributed by atoms with Crippen LogP contribution in [0.4, 0.5) is 0 Å². The van der Waals surface area contributed by atoms with E-state index >= 15 is 0 Å². The van der Waals surface area contributed by atoms with Gasteiger partial charge in [0, 0.05) is 15.1 Å². The second kappa shape index (κ2) is 6.68. The molecule has 0 aliphatic rings. The van der Waals surface area contributed by atoms with Crippen molar-refractivity contribution in [3.63, 3.8) is 0 Å². The molecule has 0 fully saturated rings. The molecule has 2 rings (SSSR count). The molecule has 1 amide bonds. The van der Waals surface area contributed by atoms with E-state index < -0.39 is 0 Å². The molecule has 0 saturated carbocycles. The van der Waals surface area contributed by atoms with Crippen molar-refractivity contribution in [3.8, 4) is 0 Å². The highest BCUT2D eigenvalue weighted by Gasteiger charge is 2.05. The number of halogens is 2. The molecule has 0 aliphatic heterocycles. The highest BCUT2D eigenvalue weighted by molar-refractivity contribution is 9.10. The monoisotopic (exact) mass is 350 g/mol. The molecule has 5 heteroatoms. The summed E-state index contributed by atoms with van der Waals surface area (Å²) in [6.45, 7) is 1.96. The van der Waals surface area contributed by atoms with Gasteiger partial charge in [-0.05, 0) is 42.3 Å². The molecular weight excluding hydrogens is 340 g/mol. The minimum absolute atomic E-state index is 0.260. The fourth-order valence-electron chi connectivity index (χ4n) is 1.55. The Balaban J connectivity index is 2.03. The summed E-state index contributed by atoms with van der Waals surface area (Å²) in [6.07, 6.45) is 1.55. The number of hydrazone groups is 1. The average molecular weight is 352 g/mol. The van der Waals surface area contributed by atoms with Crippen molar-refractivity contribution in [1.29, 1.82) is 0 Å². The largest absolute Gasteiger partial charge is 0.271 e. The molecule has 0 spiro atoms. The fourth-order valence-corrected chi connectivity index (χ4v) is 2.13. The Bertz CT molecular complexity index is 671. The summed E-state index contributed by atoms with van der Waals surface area (Å²) in [6, 6.07) is 12.6. The molecule has 2 aromatic rings. The van der Waals surface area contributed by atoms with E-state index in [4.69, 9.17) is 11.6 Å². The number of carbonyl (C=O) groups excluding carboxylic acids is 1. The SMILES string of the molecule is Cc1ccc(C(=O)NN=Cc2cccc(Cl)c2)cc1Br. The smallest absolute Gasteiger partial charge is 0.267 e. The summed E-state index contributed by atoms with van der Waals surface area (Å²) < 4.78 is 0.893. The Kier molecular flexibility index (Phi) is 4.93. The predicted molar refractivity (Wildman–Crippen MR) is 85.4 cm³/mol. The lowest BCUT2D eigenvalue weighted by Crippen LogP contribution is -2.17. The lowest BCUT2D eigenvalue weighted by molar-refractivity contribution is 0.0955. The van der Waals surface area contributed by atoms with Crippen LogP contribution in [0.15, 0.2) is 52.0 Å². The van der Waals surface area contributed by atoms with Crippen molar-refractivity contribution in [1.82, 2.24) is 5.43 Å². The maximum Gasteiger partial charge on any atom is 0.271 e. The quantitative estimate of drug-likeness (QED) is 0.654. The lowest BCUT2D eigenvalue weighted by atomic mass is 10.1. The van der Waals surface area contributed by atoms with Gasteiger partial charge in [-0.15, -0.1) is 0 Å². The van der Waals surface area contributed by atoms with Crippen LogP contribution in [0.3, 0.4) is 0 Å². The molecule has 1 N–H and O–H groups in total. The summed E-state index contributed by atoms with van der Waals surface area (Å²) in [5, 5.41) is 4.54. The van der Waals surface area contributed by atoms with Crippen LogP contribution in [0.25, 0.3) is 0 Å². The van der Waals surface area contributed by atoms with E-state index in [9.17, 15) is 4.79 Å². The van der Waals surface area contributed by atoms with E-state index in [1.165, 1.54) is 0 Å². The van der Waals surface area contributed by atoms with Gasteiger partial charge in [-0.3, -0.25) is 4.79 Å². The number of carbonyl (C=O) groups is 1.